The Labute approximate surface area is 234 Å². The summed E-state index contributed by atoms with van der Waals surface area (Å²) in [5, 5.41) is 27.0. The van der Waals surface area contributed by atoms with Crippen LogP contribution in [0.25, 0.3) is 11.4 Å². The monoisotopic (exact) mass is 552 g/mol. The summed E-state index contributed by atoms with van der Waals surface area (Å²) in [6.07, 6.45) is 2.80. The Morgan fingerprint density at radius 2 is 1.73 bits per heavy atom. The standard InChI is InChI=1S/C29H37FN6O4/c1-18-22(24(26(37)38)40-28(2,3)4)23(36-14-12-29(5,6)13-15-36)21(17-31-18)25-32-34-27(35-33-25)39-16-11-19-7-9-20(30)10-8-19/h7-10,17,24H,11-16H2,1-6H3,(H,37,38)/t24-/m0/s1. The van der Waals surface area contributed by atoms with Crippen LogP contribution in [0.15, 0.2) is 30.5 Å². The van der Waals surface area contributed by atoms with Crippen LogP contribution >= 0.6 is 0 Å². The zero-order valence-corrected chi connectivity index (χ0v) is 23.9. The van der Waals surface area contributed by atoms with Crippen LogP contribution in [0.3, 0.4) is 0 Å². The number of rotatable bonds is 9. The molecule has 40 heavy (non-hydrogen) atoms. The van der Waals surface area contributed by atoms with E-state index in [9.17, 15) is 14.3 Å². The minimum Gasteiger partial charge on any atom is -0.479 e. The van der Waals surface area contributed by atoms with Gasteiger partial charge in [-0.1, -0.05) is 36.2 Å². The van der Waals surface area contributed by atoms with Crippen molar-refractivity contribution in [3.05, 3.63) is 53.1 Å². The molecular weight excluding hydrogens is 515 g/mol. The zero-order valence-electron chi connectivity index (χ0n) is 23.9. The Bertz CT molecular complexity index is 1320. The van der Waals surface area contributed by atoms with Gasteiger partial charge < -0.3 is 19.5 Å². The van der Waals surface area contributed by atoms with Gasteiger partial charge in [-0.3, -0.25) is 4.98 Å². The first-order valence-electron chi connectivity index (χ1n) is 13.4. The number of carboxylic acid groups (broad SMARTS) is 1. The number of benzene rings is 1. The summed E-state index contributed by atoms with van der Waals surface area (Å²) in [7, 11) is 0. The molecule has 10 nitrogen and oxygen atoms in total. The van der Waals surface area contributed by atoms with Crippen LogP contribution in [0, 0.1) is 18.2 Å². The molecule has 1 aliphatic heterocycles. The van der Waals surface area contributed by atoms with Crippen molar-refractivity contribution in [3.63, 3.8) is 0 Å². The number of hydrogen-bond donors (Lipinski definition) is 1. The summed E-state index contributed by atoms with van der Waals surface area (Å²) in [4.78, 5) is 19.2. The molecule has 1 saturated heterocycles. The molecule has 0 unspecified atom stereocenters. The molecule has 2 aromatic heterocycles. The second-order valence-electron chi connectivity index (χ2n) is 11.9. The van der Waals surface area contributed by atoms with E-state index in [0.29, 0.717) is 28.9 Å². The van der Waals surface area contributed by atoms with Crippen molar-refractivity contribution in [1.29, 1.82) is 0 Å². The lowest BCUT2D eigenvalue weighted by Gasteiger charge is -2.40. The summed E-state index contributed by atoms with van der Waals surface area (Å²) < 4.78 is 24.8. The highest BCUT2D eigenvalue weighted by Crippen LogP contribution is 2.42. The zero-order chi connectivity index (χ0) is 29.1. The molecule has 1 aromatic carbocycles. The van der Waals surface area contributed by atoms with E-state index in [1.54, 1.807) is 25.3 Å². The predicted octanol–water partition coefficient (Wildman–Crippen LogP) is 4.96. The molecule has 0 radical (unpaired) electrons. The number of aryl methyl sites for hydroxylation is 1. The maximum absolute atomic E-state index is 13.1. The number of piperidine rings is 1. The highest BCUT2D eigenvalue weighted by Gasteiger charge is 2.36. The minimum atomic E-state index is -1.24. The molecule has 0 aliphatic carbocycles. The first-order chi connectivity index (χ1) is 18.8. The van der Waals surface area contributed by atoms with Gasteiger partial charge in [-0.25, -0.2) is 9.18 Å². The van der Waals surface area contributed by atoms with Crippen LogP contribution in [0.5, 0.6) is 6.01 Å². The van der Waals surface area contributed by atoms with Crippen molar-refractivity contribution in [1.82, 2.24) is 25.4 Å². The number of aromatic nitrogens is 5. The van der Waals surface area contributed by atoms with E-state index in [1.807, 2.05) is 20.8 Å². The fourth-order valence-electron chi connectivity index (χ4n) is 4.65. The average Bonchev–Trinajstić information content (AvgIpc) is 2.88. The molecule has 0 bridgehead atoms. The van der Waals surface area contributed by atoms with Crippen LogP contribution in [0.1, 0.15) is 70.4 Å². The highest BCUT2D eigenvalue weighted by molar-refractivity contribution is 5.84. The van der Waals surface area contributed by atoms with Gasteiger partial charge in [-0.15, -0.1) is 10.2 Å². The summed E-state index contributed by atoms with van der Waals surface area (Å²) in [5.74, 6) is -1.19. The van der Waals surface area contributed by atoms with Gasteiger partial charge in [0.25, 0.3) is 0 Å². The van der Waals surface area contributed by atoms with Crippen molar-refractivity contribution in [3.8, 4) is 17.4 Å². The molecule has 11 heteroatoms. The Balaban J connectivity index is 1.67. The van der Waals surface area contributed by atoms with Crippen molar-refractivity contribution in [2.24, 2.45) is 5.41 Å². The number of anilines is 1. The molecule has 0 spiro atoms. The quantitative estimate of drug-likeness (QED) is 0.389. The summed E-state index contributed by atoms with van der Waals surface area (Å²) in [6, 6.07) is 6.19. The molecule has 3 aromatic rings. The van der Waals surface area contributed by atoms with Gasteiger partial charge in [0, 0.05) is 37.0 Å². The van der Waals surface area contributed by atoms with E-state index in [2.05, 4.69) is 44.1 Å². The molecule has 1 fully saturated rings. The number of nitrogens with zero attached hydrogens (tertiary/aromatic N) is 6. The summed E-state index contributed by atoms with van der Waals surface area (Å²) in [6.45, 7) is 13.4. The van der Waals surface area contributed by atoms with E-state index in [1.165, 1.54) is 12.1 Å². The average molecular weight is 553 g/mol. The van der Waals surface area contributed by atoms with Crippen molar-refractivity contribution >= 4 is 11.7 Å². The normalized spacial score (nSPS) is 16.0. The topological polar surface area (TPSA) is 123 Å². The Morgan fingerprint density at radius 1 is 1.10 bits per heavy atom. The Hall–Kier alpha value is -3.73. The number of aliphatic carboxylic acids is 1. The van der Waals surface area contributed by atoms with Crippen molar-refractivity contribution in [2.75, 3.05) is 24.6 Å². The number of pyridine rings is 1. The fourth-order valence-corrected chi connectivity index (χ4v) is 4.65. The molecule has 0 saturated carbocycles. The van der Waals surface area contributed by atoms with Crippen LogP contribution < -0.4 is 9.64 Å². The number of hydrogen-bond acceptors (Lipinski definition) is 9. The Morgan fingerprint density at radius 3 is 2.30 bits per heavy atom. The molecule has 4 rings (SSSR count). The van der Waals surface area contributed by atoms with Gasteiger partial charge in [0.15, 0.2) is 6.10 Å². The van der Waals surface area contributed by atoms with E-state index in [0.717, 1.165) is 31.5 Å². The lowest BCUT2D eigenvalue weighted by Crippen LogP contribution is -2.39. The highest BCUT2D eigenvalue weighted by atomic mass is 19.1. The van der Waals surface area contributed by atoms with Crippen LogP contribution in [0.4, 0.5) is 10.1 Å². The number of carboxylic acids is 1. The molecule has 1 aliphatic rings. The van der Waals surface area contributed by atoms with Crippen LogP contribution in [0.2, 0.25) is 0 Å². The third-order valence-corrected chi connectivity index (χ3v) is 6.92. The minimum absolute atomic E-state index is 0.00639. The fraction of sp³-hybridized carbons (Fsp3) is 0.517. The first kappa shape index (κ1) is 29.3. The van der Waals surface area contributed by atoms with Crippen LogP contribution in [-0.4, -0.2) is 61.8 Å². The molecule has 0 amide bonds. The van der Waals surface area contributed by atoms with Gasteiger partial charge in [-0.05, 0) is 63.6 Å². The third-order valence-electron chi connectivity index (χ3n) is 6.92. The maximum Gasteiger partial charge on any atom is 0.355 e. The van der Waals surface area contributed by atoms with Gasteiger partial charge in [-0.2, -0.15) is 0 Å². The van der Waals surface area contributed by atoms with E-state index in [-0.39, 0.29) is 29.7 Å². The van der Waals surface area contributed by atoms with E-state index < -0.39 is 17.7 Å². The molecule has 3 heterocycles. The van der Waals surface area contributed by atoms with Crippen molar-refractivity contribution < 1.29 is 23.8 Å². The van der Waals surface area contributed by atoms with Gasteiger partial charge in [0.05, 0.1) is 23.5 Å². The lowest BCUT2D eigenvalue weighted by atomic mass is 9.82. The molecule has 1 N–H and O–H groups in total. The van der Waals surface area contributed by atoms with Gasteiger partial charge in [0.1, 0.15) is 5.82 Å². The van der Waals surface area contributed by atoms with E-state index >= 15 is 0 Å². The van der Waals surface area contributed by atoms with Crippen LogP contribution in [-0.2, 0) is 16.0 Å². The first-order valence-corrected chi connectivity index (χ1v) is 13.4. The smallest absolute Gasteiger partial charge is 0.355 e. The van der Waals surface area contributed by atoms with Gasteiger partial charge in [0.2, 0.25) is 5.82 Å². The van der Waals surface area contributed by atoms with Crippen molar-refractivity contribution in [2.45, 2.75) is 72.5 Å². The molecule has 214 valence electrons. The number of ether oxygens (including phenoxy) is 2. The molecular formula is C29H37FN6O4. The Kier molecular flexibility index (Phi) is 8.62. The lowest BCUT2D eigenvalue weighted by molar-refractivity contribution is -0.160. The molecule has 1 atom stereocenters. The summed E-state index contributed by atoms with van der Waals surface area (Å²) in [5.41, 5.74) is 2.62. The van der Waals surface area contributed by atoms with E-state index in [4.69, 9.17) is 9.47 Å². The third kappa shape index (κ3) is 7.26. The second-order valence-corrected chi connectivity index (χ2v) is 11.9. The largest absolute Gasteiger partial charge is 0.479 e. The SMILES string of the molecule is Cc1ncc(-c2nnc(OCCc3ccc(F)cc3)nn2)c(N2CCC(C)(C)CC2)c1[C@H](OC(C)(C)C)C(=O)O. The number of halogens is 1. The second kappa shape index (κ2) is 11.8. The summed E-state index contributed by atoms with van der Waals surface area (Å²) >= 11 is 0. The predicted molar refractivity (Wildman–Crippen MR) is 148 cm³/mol. The maximum atomic E-state index is 13.1. The van der Waals surface area contributed by atoms with Gasteiger partial charge >= 0.3 is 12.0 Å². The number of carbonyl (C=O) groups is 1.